The number of pyridine rings is 1. The highest BCUT2D eigenvalue weighted by Gasteiger charge is 2.27. The average Bonchev–Trinajstić information content (AvgIpc) is 2.99. The van der Waals surface area contributed by atoms with Gasteiger partial charge in [0.25, 0.3) is 0 Å². The number of H-pyrrole nitrogens is 1. The summed E-state index contributed by atoms with van der Waals surface area (Å²) in [4.78, 5) is 15.5. The maximum absolute atomic E-state index is 13.0. The molecule has 7 nitrogen and oxygen atoms in total. The van der Waals surface area contributed by atoms with Crippen LogP contribution in [0.1, 0.15) is 0 Å². The van der Waals surface area contributed by atoms with E-state index in [-0.39, 0.29) is 21.1 Å². The smallest absolute Gasteiger partial charge is 0.212 e. The molecule has 0 atom stereocenters. The molecule has 3 heterocycles. The fourth-order valence-corrected chi connectivity index (χ4v) is 4.21. The summed E-state index contributed by atoms with van der Waals surface area (Å²) in [7, 11) is -3.81. The molecule has 0 amide bonds. The van der Waals surface area contributed by atoms with Gasteiger partial charge in [0.05, 0.1) is 16.1 Å². The molecule has 25 heavy (non-hydrogen) atoms. The zero-order valence-corrected chi connectivity index (χ0v) is 13.7. The summed E-state index contributed by atoms with van der Waals surface area (Å²) in [5.74, 6) is 0.0367. The highest BCUT2D eigenvalue weighted by molar-refractivity contribution is 7.92. The number of sulfone groups is 1. The second-order valence-electron chi connectivity index (χ2n) is 5.37. The third-order valence-corrected chi connectivity index (χ3v) is 5.69. The number of nitrogen functional groups attached to an aromatic ring is 1. The predicted octanol–water partition coefficient (Wildman–Crippen LogP) is 2.43. The minimum Gasteiger partial charge on any atom is -0.384 e. The molecule has 0 bridgehead atoms. The van der Waals surface area contributed by atoms with E-state index in [1.54, 1.807) is 42.7 Å². The van der Waals surface area contributed by atoms with Crippen molar-refractivity contribution >= 4 is 26.7 Å². The van der Waals surface area contributed by atoms with Crippen LogP contribution >= 0.6 is 0 Å². The summed E-state index contributed by atoms with van der Waals surface area (Å²) in [6.07, 6.45) is 4.60. The van der Waals surface area contributed by atoms with Crippen molar-refractivity contribution in [2.24, 2.45) is 0 Å². The number of aromatic amines is 1. The van der Waals surface area contributed by atoms with E-state index in [0.717, 1.165) is 5.56 Å². The van der Waals surface area contributed by atoms with E-state index in [2.05, 4.69) is 19.9 Å². The predicted molar refractivity (Wildman–Crippen MR) is 93.4 cm³/mol. The number of rotatable bonds is 3. The van der Waals surface area contributed by atoms with Gasteiger partial charge in [0.1, 0.15) is 22.6 Å². The van der Waals surface area contributed by atoms with Crippen molar-refractivity contribution in [3.05, 3.63) is 61.2 Å². The van der Waals surface area contributed by atoms with E-state index in [4.69, 9.17) is 5.73 Å². The molecule has 3 aromatic heterocycles. The summed E-state index contributed by atoms with van der Waals surface area (Å²) < 4.78 is 26.0. The van der Waals surface area contributed by atoms with Crippen LogP contribution < -0.4 is 5.73 Å². The van der Waals surface area contributed by atoms with Gasteiger partial charge in [-0.1, -0.05) is 18.2 Å². The lowest BCUT2D eigenvalue weighted by Crippen LogP contribution is -2.04. The maximum Gasteiger partial charge on any atom is 0.212 e. The maximum atomic E-state index is 13.0. The van der Waals surface area contributed by atoms with Crippen molar-refractivity contribution in [3.63, 3.8) is 0 Å². The van der Waals surface area contributed by atoms with Crippen molar-refractivity contribution in [1.82, 2.24) is 19.9 Å². The van der Waals surface area contributed by atoms with Gasteiger partial charge in [-0.3, -0.25) is 4.98 Å². The molecule has 0 aliphatic heterocycles. The van der Waals surface area contributed by atoms with Crippen molar-refractivity contribution in [1.29, 1.82) is 0 Å². The van der Waals surface area contributed by atoms with Gasteiger partial charge in [0.15, 0.2) is 0 Å². The number of nitrogens with two attached hydrogens (primary N) is 1. The third kappa shape index (κ3) is 2.43. The molecule has 0 spiro atoms. The molecule has 1 aromatic carbocycles. The SMILES string of the molecule is Nc1[nH]c2c(-c3ccncc3)ncnc2c1S(=O)(=O)c1ccccc1. The molecular formula is C17H13N5O2S. The van der Waals surface area contributed by atoms with Crippen LogP contribution in [0.3, 0.4) is 0 Å². The Balaban J connectivity index is 2.00. The van der Waals surface area contributed by atoms with Gasteiger partial charge in [-0.05, 0) is 24.3 Å². The first-order valence-electron chi connectivity index (χ1n) is 7.41. The first-order chi connectivity index (χ1) is 12.1. The van der Waals surface area contributed by atoms with Gasteiger partial charge < -0.3 is 10.7 Å². The number of aromatic nitrogens is 4. The second kappa shape index (κ2) is 5.67. The molecule has 0 saturated carbocycles. The molecule has 0 fully saturated rings. The van der Waals surface area contributed by atoms with Gasteiger partial charge in [-0.2, -0.15) is 0 Å². The van der Waals surface area contributed by atoms with Crippen molar-refractivity contribution in [2.75, 3.05) is 5.73 Å². The van der Waals surface area contributed by atoms with Gasteiger partial charge >= 0.3 is 0 Å². The van der Waals surface area contributed by atoms with Crippen LogP contribution in [0.2, 0.25) is 0 Å². The molecule has 4 aromatic rings. The van der Waals surface area contributed by atoms with E-state index >= 15 is 0 Å². The van der Waals surface area contributed by atoms with Gasteiger partial charge in [0, 0.05) is 18.0 Å². The zero-order chi connectivity index (χ0) is 17.4. The minimum atomic E-state index is -3.81. The topological polar surface area (TPSA) is 115 Å². The zero-order valence-electron chi connectivity index (χ0n) is 12.9. The first-order valence-corrected chi connectivity index (χ1v) is 8.90. The van der Waals surface area contributed by atoms with Crippen molar-refractivity contribution in [2.45, 2.75) is 9.79 Å². The highest BCUT2D eigenvalue weighted by Crippen LogP contribution is 2.35. The lowest BCUT2D eigenvalue weighted by molar-refractivity contribution is 0.597. The summed E-state index contributed by atoms with van der Waals surface area (Å²) >= 11 is 0. The summed E-state index contributed by atoms with van der Waals surface area (Å²) in [6, 6.07) is 11.7. The number of hydrogen-bond acceptors (Lipinski definition) is 6. The van der Waals surface area contributed by atoms with Gasteiger partial charge in [-0.15, -0.1) is 0 Å². The normalized spacial score (nSPS) is 11.7. The van der Waals surface area contributed by atoms with E-state index in [0.29, 0.717) is 11.2 Å². The molecule has 4 rings (SSSR count). The molecule has 124 valence electrons. The van der Waals surface area contributed by atoms with E-state index < -0.39 is 9.84 Å². The van der Waals surface area contributed by atoms with Crippen LogP contribution in [0.4, 0.5) is 5.82 Å². The summed E-state index contributed by atoms with van der Waals surface area (Å²) in [5.41, 5.74) is 8.10. The Kier molecular flexibility index (Phi) is 3.47. The lowest BCUT2D eigenvalue weighted by Gasteiger charge is -2.04. The largest absolute Gasteiger partial charge is 0.384 e. The van der Waals surface area contributed by atoms with Gasteiger partial charge in [0.2, 0.25) is 9.84 Å². The summed E-state index contributed by atoms with van der Waals surface area (Å²) in [5, 5.41) is 0. The quantitative estimate of drug-likeness (QED) is 0.586. The van der Waals surface area contributed by atoms with Crippen LogP contribution in [-0.4, -0.2) is 28.4 Å². The first kappa shape index (κ1) is 15.3. The molecule has 0 aliphatic carbocycles. The molecule has 0 aliphatic rings. The molecule has 8 heteroatoms. The van der Waals surface area contributed by atoms with Crippen LogP contribution in [0.15, 0.2) is 71.0 Å². The Morgan fingerprint density at radius 2 is 1.68 bits per heavy atom. The number of anilines is 1. The Bertz CT molecular complexity index is 1160. The lowest BCUT2D eigenvalue weighted by atomic mass is 10.2. The summed E-state index contributed by atoms with van der Waals surface area (Å²) in [6.45, 7) is 0. The molecule has 3 N–H and O–H groups in total. The highest BCUT2D eigenvalue weighted by atomic mass is 32.2. The Hall–Kier alpha value is -3.26. The number of nitrogens with zero attached hydrogens (tertiary/aromatic N) is 3. The fourth-order valence-electron chi connectivity index (χ4n) is 2.71. The number of fused-ring (bicyclic) bond motifs is 1. The Morgan fingerprint density at radius 1 is 0.960 bits per heavy atom. The number of hydrogen-bond donors (Lipinski definition) is 2. The minimum absolute atomic E-state index is 0.0357. The van der Waals surface area contributed by atoms with Crippen LogP contribution in [-0.2, 0) is 9.84 Å². The fraction of sp³-hybridized carbons (Fsp3) is 0. The number of nitrogens with one attached hydrogen (secondary N) is 1. The molecular weight excluding hydrogens is 338 g/mol. The Labute approximate surface area is 143 Å². The number of benzene rings is 1. The molecule has 0 unspecified atom stereocenters. The van der Waals surface area contributed by atoms with Crippen molar-refractivity contribution < 1.29 is 8.42 Å². The van der Waals surface area contributed by atoms with E-state index in [1.165, 1.54) is 18.5 Å². The second-order valence-corrected chi connectivity index (χ2v) is 7.25. The van der Waals surface area contributed by atoms with Crippen LogP contribution in [0.5, 0.6) is 0 Å². The third-order valence-electron chi connectivity index (χ3n) is 3.84. The monoisotopic (exact) mass is 351 g/mol. The van der Waals surface area contributed by atoms with Crippen LogP contribution in [0.25, 0.3) is 22.3 Å². The molecule has 0 saturated heterocycles. The Morgan fingerprint density at radius 3 is 2.40 bits per heavy atom. The van der Waals surface area contributed by atoms with E-state index in [1.807, 2.05) is 0 Å². The van der Waals surface area contributed by atoms with Crippen LogP contribution in [0, 0.1) is 0 Å². The standard InChI is InChI=1S/C17H13N5O2S/c18-17-16(25(23,24)12-4-2-1-3-5-12)15-14(22-17)13(20-10-21-15)11-6-8-19-9-7-11/h1-10,22H,18H2. The van der Waals surface area contributed by atoms with Crippen molar-refractivity contribution in [3.8, 4) is 11.3 Å². The average molecular weight is 351 g/mol. The van der Waals surface area contributed by atoms with Gasteiger partial charge in [-0.25, -0.2) is 18.4 Å². The van der Waals surface area contributed by atoms with E-state index in [9.17, 15) is 8.42 Å². The molecule has 0 radical (unpaired) electrons.